The van der Waals surface area contributed by atoms with E-state index in [-0.39, 0.29) is 0 Å². The van der Waals surface area contributed by atoms with Crippen LogP contribution in [-0.4, -0.2) is 11.1 Å². The Morgan fingerprint density at radius 1 is 1.33 bits per heavy atom. The summed E-state index contributed by atoms with van der Waals surface area (Å²) in [5.74, 6) is -1.60. The van der Waals surface area contributed by atoms with Crippen molar-refractivity contribution < 1.29 is 14.3 Å². The van der Waals surface area contributed by atoms with Crippen LogP contribution in [0.5, 0.6) is 0 Å². The molecule has 0 spiro atoms. The Morgan fingerprint density at radius 2 is 2.05 bits per heavy atom. The number of halogens is 3. The fourth-order valence-electron chi connectivity index (χ4n) is 1.91. The van der Waals surface area contributed by atoms with E-state index in [2.05, 4.69) is 21.2 Å². The lowest BCUT2D eigenvalue weighted by Crippen LogP contribution is -2.40. The topological polar surface area (TPSA) is 49.3 Å². The van der Waals surface area contributed by atoms with Gasteiger partial charge in [0.15, 0.2) is 5.54 Å². The first-order valence-corrected chi connectivity index (χ1v) is 7.23. The third-order valence-corrected chi connectivity index (χ3v) is 4.36. The molecule has 110 valence electrons. The highest BCUT2D eigenvalue weighted by molar-refractivity contribution is 9.10. The van der Waals surface area contributed by atoms with E-state index in [0.717, 1.165) is 0 Å². The molecule has 0 fully saturated rings. The van der Waals surface area contributed by atoms with Crippen LogP contribution in [0, 0.1) is 5.82 Å². The van der Waals surface area contributed by atoms with Crippen LogP contribution >= 0.6 is 27.5 Å². The number of carboxylic acids is 1. The zero-order chi connectivity index (χ0) is 15.6. The molecule has 2 rings (SSSR count). The van der Waals surface area contributed by atoms with Crippen LogP contribution in [0.3, 0.4) is 0 Å². The van der Waals surface area contributed by atoms with Crippen LogP contribution in [0.25, 0.3) is 0 Å². The summed E-state index contributed by atoms with van der Waals surface area (Å²) >= 11 is 9.19. The number of nitrogens with one attached hydrogen (secondary N) is 1. The minimum absolute atomic E-state index is 0.320. The Kier molecular flexibility index (Phi) is 4.54. The third-order valence-electron chi connectivity index (χ3n) is 3.14. The van der Waals surface area contributed by atoms with Crippen LogP contribution in [0.1, 0.15) is 12.5 Å². The van der Waals surface area contributed by atoms with Crippen molar-refractivity contribution in [2.75, 3.05) is 5.32 Å². The monoisotopic (exact) mass is 371 g/mol. The lowest BCUT2D eigenvalue weighted by molar-refractivity contribution is -0.142. The Hall–Kier alpha value is -1.59. The fourth-order valence-corrected chi connectivity index (χ4v) is 2.41. The van der Waals surface area contributed by atoms with Crippen molar-refractivity contribution in [3.63, 3.8) is 0 Å². The van der Waals surface area contributed by atoms with Crippen LogP contribution in [-0.2, 0) is 10.3 Å². The van der Waals surface area contributed by atoms with Gasteiger partial charge in [-0.1, -0.05) is 23.7 Å². The molecule has 0 bridgehead atoms. The van der Waals surface area contributed by atoms with Crippen LogP contribution < -0.4 is 5.32 Å². The van der Waals surface area contributed by atoms with Crippen molar-refractivity contribution in [2.24, 2.45) is 0 Å². The summed E-state index contributed by atoms with van der Waals surface area (Å²) in [5.41, 5.74) is -0.587. The number of carbonyl (C=O) groups is 1. The standard InChI is InChI=1S/C15H12BrClFNO2/c1-15(14(20)21,9-3-2-4-10(18)7-9)19-11-5-6-13(17)12(16)8-11/h2-8,19H,1H3,(H,20,21). The van der Waals surface area contributed by atoms with Gasteiger partial charge in [0.05, 0.1) is 5.02 Å². The Morgan fingerprint density at radius 3 is 2.62 bits per heavy atom. The Labute approximate surface area is 134 Å². The van der Waals surface area contributed by atoms with E-state index < -0.39 is 17.3 Å². The van der Waals surface area contributed by atoms with E-state index in [0.29, 0.717) is 20.7 Å². The summed E-state index contributed by atoms with van der Waals surface area (Å²) < 4.78 is 14.0. The average molecular weight is 373 g/mol. The molecule has 0 heterocycles. The summed E-state index contributed by atoms with van der Waals surface area (Å²) in [7, 11) is 0. The van der Waals surface area contributed by atoms with E-state index in [9.17, 15) is 14.3 Å². The van der Waals surface area contributed by atoms with Crippen molar-refractivity contribution in [2.45, 2.75) is 12.5 Å². The van der Waals surface area contributed by atoms with Crippen LogP contribution in [0.4, 0.5) is 10.1 Å². The number of hydrogen-bond donors (Lipinski definition) is 2. The molecule has 2 aromatic rings. The predicted octanol–water partition coefficient (Wildman–Crippen LogP) is 4.65. The average Bonchev–Trinajstić information content (AvgIpc) is 2.42. The highest BCUT2D eigenvalue weighted by atomic mass is 79.9. The van der Waals surface area contributed by atoms with E-state index in [1.807, 2.05) is 0 Å². The van der Waals surface area contributed by atoms with E-state index in [4.69, 9.17) is 11.6 Å². The molecule has 0 saturated carbocycles. The van der Waals surface area contributed by atoms with Gasteiger partial charge in [0.2, 0.25) is 0 Å². The SMILES string of the molecule is CC(Nc1ccc(Cl)c(Br)c1)(C(=O)O)c1cccc(F)c1. The first-order chi connectivity index (χ1) is 9.83. The molecule has 0 aromatic heterocycles. The quantitative estimate of drug-likeness (QED) is 0.821. The number of aliphatic carboxylic acids is 1. The zero-order valence-electron chi connectivity index (χ0n) is 11.0. The van der Waals surface area contributed by atoms with Gasteiger partial charge in [0, 0.05) is 10.2 Å². The lowest BCUT2D eigenvalue weighted by Gasteiger charge is -2.28. The van der Waals surface area contributed by atoms with Gasteiger partial charge in [-0.15, -0.1) is 0 Å². The van der Waals surface area contributed by atoms with Gasteiger partial charge in [-0.25, -0.2) is 9.18 Å². The number of benzene rings is 2. The van der Waals surface area contributed by atoms with E-state index in [1.165, 1.54) is 25.1 Å². The molecule has 1 unspecified atom stereocenters. The molecular weight excluding hydrogens is 361 g/mol. The molecule has 2 N–H and O–H groups in total. The second kappa shape index (κ2) is 6.03. The van der Waals surface area contributed by atoms with Crippen molar-refractivity contribution in [1.82, 2.24) is 0 Å². The van der Waals surface area contributed by atoms with Gasteiger partial charge in [0.25, 0.3) is 0 Å². The summed E-state index contributed by atoms with van der Waals surface area (Å²) in [5, 5.41) is 13.0. The summed E-state index contributed by atoms with van der Waals surface area (Å²) in [6, 6.07) is 10.5. The maximum absolute atomic E-state index is 13.4. The summed E-state index contributed by atoms with van der Waals surface area (Å²) in [6.45, 7) is 1.48. The van der Waals surface area contributed by atoms with Crippen molar-refractivity contribution in [3.8, 4) is 0 Å². The van der Waals surface area contributed by atoms with Crippen molar-refractivity contribution in [3.05, 3.63) is 63.3 Å². The van der Waals surface area contributed by atoms with Gasteiger partial charge in [-0.3, -0.25) is 0 Å². The second-order valence-electron chi connectivity index (χ2n) is 4.69. The minimum atomic E-state index is -1.46. The van der Waals surface area contributed by atoms with Crippen LogP contribution in [0.15, 0.2) is 46.9 Å². The van der Waals surface area contributed by atoms with Crippen LogP contribution in [0.2, 0.25) is 5.02 Å². The molecule has 0 aliphatic heterocycles. The largest absolute Gasteiger partial charge is 0.479 e. The first kappa shape index (κ1) is 15.8. The van der Waals surface area contributed by atoms with Crippen molar-refractivity contribution >= 4 is 39.2 Å². The highest BCUT2D eigenvalue weighted by Crippen LogP contribution is 2.31. The molecule has 0 aliphatic carbocycles. The molecular formula is C15H12BrClFNO2. The number of anilines is 1. The summed E-state index contributed by atoms with van der Waals surface area (Å²) in [4.78, 5) is 11.7. The molecule has 21 heavy (non-hydrogen) atoms. The normalized spacial score (nSPS) is 13.5. The minimum Gasteiger partial charge on any atom is -0.479 e. The number of carboxylic acid groups (broad SMARTS) is 1. The maximum Gasteiger partial charge on any atom is 0.333 e. The first-order valence-electron chi connectivity index (χ1n) is 6.05. The molecule has 0 radical (unpaired) electrons. The molecule has 2 aromatic carbocycles. The molecule has 0 amide bonds. The van der Waals surface area contributed by atoms with Crippen molar-refractivity contribution in [1.29, 1.82) is 0 Å². The molecule has 0 aliphatic rings. The predicted molar refractivity (Wildman–Crippen MR) is 84.2 cm³/mol. The maximum atomic E-state index is 13.4. The Balaban J connectivity index is 2.43. The van der Waals surface area contributed by atoms with Gasteiger partial charge in [-0.2, -0.15) is 0 Å². The third kappa shape index (κ3) is 3.36. The molecule has 1 atom stereocenters. The fraction of sp³-hybridized carbons (Fsp3) is 0.133. The molecule has 0 saturated heterocycles. The number of hydrogen-bond acceptors (Lipinski definition) is 2. The summed E-state index contributed by atoms with van der Waals surface area (Å²) in [6.07, 6.45) is 0. The lowest BCUT2D eigenvalue weighted by atomic mass is 9.91. The van der Waals surface area contributed by atoms with Gasteiger partial charge >= 0.3 is 5.97 Å². The van der Waals surface area contributed by atoms with E-state index in [1.54, 1.807) is 24.3 Å². The van der Waals surface area contributed by atoms with Gasteiger partial charge < -0.3 is 10.4 Å². The smallest absolute Gasteiger partial charge is 0.333 e. The van der Waals surface area contributed by atoms with Gasteiger partial charge in [0.1, 0.15) is 5.82 Å². The molecule has 3 nitrogen and oxygen atoms in total. The second-order valence-corrected chi connectivity index (χ2v) is 5.96. The zero-order valence-corrected chi connectivity index (χ0v) is 13.4. The highest BCUT2D eigenvalue weighted by Gasteiger charge is 2.35. The number of rotatable bonds is 4. The molecule has 6 heteroatoms. The van der Waals surface area contributed by atoms with E-state index >= 15 is 0 Å². The van der Waals surface area contributed by atoms with Gasteiger partial charge in [-0.05, 0) is 58.7 Å². The Bertz CT molecular complexity index is 695.